The highest BCUT2D eigenvalue weighted by atomic mass is 32.2. The first-order valence-corrected chi connectivity index (χ1v) is 9.22. The van der Waals surface area contributed by atoms with E-state index in [0.29, 0.717) is 0 Å². The van der Waals surface area contributed by atoms with Gasteiger partial charge in [-0.1, -0.05) is 30.3 Å². The van der Waals surface area contributed by atoms with Gasteiger partial charge in [0, 0.05) is 5.69 Å². The molecule has 0 atom stereocenters. The number of amides is 1. The van der Waals surface area contributed by atoms with Crippen molar-refractivity contribution in [2.24, 2.45) is 0 Å². The Labute approximate surface area is 154 Å². The van der Waals surface area contributed by atoms with Crippen LogP contribution in [-0.2, 0) is 26.2 Å². The number of halogens is 3. The molecule has 0 unspecified atom stereocenters. The van der Waals surface area contributed by atoms with Crippen LogP contribution in [-0.4, -0.2) is 33.7 Å². The van der Waals surface area contributed by atoms with Gasteiger partial charge in [-0.3, -0.25) is 4.79 Å². The zero-order valence-electron chi connectivity index (χ0n) is 14.0. The van der Waals surface area contributed by atoms with Crippen molar-refractivity contribution in [1.29, 1.82) is 0 Å². The van der Waals surface area contributed by atoms with E-state index in [9.17, 15) is 26.4 Å². The van der Waals surface area contributed by atoms with Crippen LogP contribution in [0.15, 0.2) is 59.5 Å². The molecular weight excluding hydrogens is 385 g/mol. The van der Waals surface area contributed by atoms with Crippen molar-refractivity contribution in [2.45, 2.75) is 17.7 Å². The third-order valence-corrected chi connectivity index (χ3v) is 4.67. The van der Waals surface area contributed by atoms with Crippen LogP contribution in [0, 0.1) is 0 Å². The summed E-state index contributed by atoms with van der Waals surface area (Å²) >= 11 is 0. The third-order valence-electron chi connectivity index (χ3n) is 3.26. The highest BCUT2D eigenvalue weighted by Crippen LogP contribution is 2.17. The molecule has 2 aromatic carbocycles. The van der Waals surface area contributed by atoms with Gasteiger partial charge in [-0.25, -0.2) is 13.1 Å². The lowest BCUT2D eigenvalue weighted by Gasteiger charge is -2.10. The van der Waals surface area contributed by atoms with Crippen LogP contribution in [0.1, 0.15) is 5.56 Å². The molecule has 0 aliphatic heterocycles. The molecule has 0 aromatic heterocycles. The quantitative estimate of drug-likeness (QED) is 0.711. The fourth-order valence-corrected chi connectivity index (χ4v) is 3.03. The van der Waals surface area contributed by atoms with Gasteiger partial charge in [-0.15, -0.1) is 0 Å². The van der Waals surface area contributed by atoms with Crippen molar-refractivity contribution in [3.8, 4) is 0 Å². The minimum atomic E-state index is -4.65. The number of alkyl halides is 3. The van der Waals surface area contributed by atoms with E-state index in [1.807, 2.05) is 30.3 Å². The number of hydrogen-bond donors (Lipinski definition) is 2. The molecule has 0 heterocycles. The molecule has 1 amide bonds. The maximum Gasteiger partial charge on any atom is 0.402 e. The van der Waals surface area contributed by atoms with Crippen molar-refractivity contribution < 1.29 is 31.1 Å². The minimum absolute atomic E-state index is 0.206. The number of hydrogen-bond acceptors (Lipinski definition) is 4. The molecule has 0 radical (unpaired) electrons. The lowest BCUT2D eigenvalue weighted by molar-refractivity contribution is -0.122. The maximum absolute atomic E-state index is 12.1. The number of benzene rings is 2. The second kappa shape index (κ2) is 8.98. The van der Waals surface area contributed by atoms with Gasteiger partial charge in [0.1, 0.15) is 13.2 Å². The van der Waals surface area contributed by atoms with Crippen LogP contribution >= 0.6 is 0 Å². The van der Waals surface area contributed by atoms with E-state index in [2.05, 4.69) is 5.32 Å². The van der Waals surface area contributed by atoms with Gasteiger partial charge in [0.05, 0.1) is 11.5 Å². The van der Waals surface area contributed by atoms with E-state index in [1.54, 1.807) is 0 Å². The summed E-state index contributed by atoms with van der Waals surface area (Å²) in [5.41, 5.74) is 1.20. The average Bonchev–Trinajstić information content (AvgIpc) is 2.61. The Morgan fingerprint density at radius 3 is 2.22 bits per heavy atom. The van der Waals surface area contributed by atoms with Crippen LogP contribution < -0.4 is 10.0 Å². The van der Waals surface area contributed by atoms with Gasteiger partial charge in [0.15, 0.2) is 0 Å². The molecule has 0 spiro atoms. The van der Waals surface area contributed by atoms with Crippen molar-refractivity contribution in [3.05, 3.63) is 60.2 Å². The summed E-state index contributed by atoms with van der Waals surface area (Å²) in [5, 5.41) is 2.50. The largest absolute Gasteiger partial charge is 0.402 e. The second-order valence-electron chi connectivity index (χ2n) is 5.49. The molecule has 0 saturated heterocycles. The molecule has 6 nitrogen and oxygen atoms in total. The summed E-state index contributed by atoms with van der Waals surface area (Å²) in [4.78, 5) is 11.5. The van der Waals surface area contributed by atoms with Gasteiger partial charge in [0.2, 0.25) is 15.9 Å². The minimum Gasteiger partial charge on any atom is -0.367 e. The van der Waals surface area contributed by atoms with Crippen LogP contribution in [0.3, 0.4) is 0 Å². The van der Waals surface area contributed by atoms with Gasteiger partial charge in [0.25, 0.3) is 0 Å². The van der Waals surface area contributed by atoms with Crippen molar-refractivity contribution in [3.63, 3.8) is 0 Å². The standard InChI is InChI=1S/C17H17F3N2O4S/c18-17(19,20)12-21-27(24,25)15-8-6-14(7-9-15)22-16(23)11-26-10-13-4-2-1-3-5-13/h1-9,21H,10-12H2,(H,22,23). The van der Waals surface area contributed by atoms with Crippen LogP contribution in [0.4, 0.5) is 18.9 Å². The molecule has 0 saturated carbocycles. The number of sulfonamides is 1. The Bertz CT molecular complexity index is 854. The van der Waals surface area contributed by atoms with Crippen LogP contribution in [0.25, 0.3) is 0 Å². The molecule has 0 bridgehead atoms. The van der Waals surface area contributed by atoms with Crippen molar-refractivity contribution >= 4 is 21.6 Å². The van der Waals surface area contributed by atoms with Gasteiger partial charge < -0.3 is 10.1 Å². The van der Waals surface area contributed by atoms with Crippen LogP contribution in [0.2, 0.25) is 0 Å². The zero-order valence-corrected chi connectivity index (χ0v) is 14.8. The van der Waals surface area contributed by atoms with Gasteiger partial charge in [-0.2, -0.15) is 13.2 Å². The van der Waals surface area contributed by atoms with E-state index < -0.39 is 28.7 Å². The number of nitrogens with one attached hydrogen (secondary N) is 2. The van der Waals surface area contributed by atoms with E-state index in [1.165, 1.54) is 16.9 Å². The first-order valence-electron chi connectivity index (χ1n) is 7.74. The fourth-order valence-electron chi connectivity index (χ4n) is 2.01. The Morgan fingerprint density at radius 1 is 1.00 bits per heavy atom. The Balaban J connectivity index is 1.84. The first-order chi connectivity index (χ1) is 12.7. The predicted octanol–water partition coefficient (Wildman–Crippen LogP) is 2.68. The molecule has 0 fully saturated rings. The molecule has 0 aliphatic rings. The fraction of sp³-hybridized carbons (Fsp3) is 0.235. The Morgan fingerprint density at radius 2 is 1.63 bits per heavy atom. The van der Waals surface area contributed by atoms with E-state index in [4.69, 9.17) is 4.74 Å². The van der Waals surface area contributed by atoms with Crippen LogP contribution in [0.5, 0.6) is 0 Å². The number of anilines is 1. The SMILES string of the molecule is O=C(COCc1ccccc1)Nc1ccc(S(=O)(=O)NCC(F)(F)F)cc1. The van der Waals surface area contributed by atoms with Crippen molar-refractivity contribution in [1.82, 2.24) is 4.72 Å². The van der Waals surface area contributed by atoms with Gasteiger partial charge >= 0.3 is 6.18 Å². The monoisotopic (exact) mass is 402 g/mol. The topological polar surface area (TPSA) is 84.5 Å². The molecule has 2 rings (SSSR count). The number of carbonyl (C=O) groups excluding carboxylic acids is 1. The number of rotatable bonds is 8. The average molecular weight is 402 g/mol. The highest BCUT2D eigenvalue weighted by molar-refractivity contribution is 7.89. The summed E-state index contributed by atoms with van der Waals surface area (Å²) in [7, 11) is -4.29. The molecule has 27 heavy (non-hydrogen) atoms. The molecule has 146 valence electrons. The summed E-state index contributed by atoms with van der Waals surface area (Å²) in [5.74, 6) is -0.447. The lowest BCUT2D eigenvalue weighted by Crippen LogP contribution is -2.33. The Hall–Kier alpha value is -2.43. The number of carbonyl (C=O) groups is 1. The zero-order chi connectivity index (χ0) is 19.9. The summed E-state index contributed by atoms with van der Waals surface area (Å²) in [6.07, 6.45) is -4.65. The van der Waals surface area contributed by atoms with E-state index in [-0.39, 0.29) is 23.8 Å². The smallest absolute Gasteiger partial charge is 0.367 e. The number of ether oxygens (including phenoxy) is 1. The van der Waals surface area contributed by atoms with E-state index in [0.717, 1.165) is 17.7 Å². The normalized spacial score (nSPS) is 12.0. The second-order valence-corrected chi connectivity index (χ2v) is 7.26. The third kappa shape index (κ3) is 7.37. The van der Waals surface area contributed by atoms with E-state index >= 15 is 0 Å². The predicted molar refractivity (Wildman–Crippen MR) is 92.4 cm³/mol. The molecule has 2 aromatic rings. The molecule has 2 N–H and O–H groups in total. The summed E-state index contributed by atoms with van der Waals surface area (Å²) < 4.78 is 66.7. The maximum atomic E-state index is 12.1. The molecule has 0 aliphatic carbocycles. The summed E-state index contributed by atoms with van der Waals surface area (Å²) in [6, 6.07) is 14.0. The summed E-state index contributed by atoms with van der Waals surface area (Å²) in [6.45, 7) is -1.61. The first kappa shape index (κ1) is 20.9. The molecule has 10 heteroatoms. The van der Waals surface area contributed by atoms with Crippen molar-refractivity contribution in [2.75, 3.05) is 18.5 Å². The Kier molecular flexibility index (Phi) is 6.94. The van der Waals surface area contributed by atoms with Gasteiger partial charge in [-0.05, 0) is 29.8 Å². The highest BCUT2D eigenvalue weighted by Gasteiger charge is 2.30. The molecular formula is C17H17F3N2O4S. The lowest BCUT2D eigenvalue weighted by atomic mass is 10.2.